The largest absolute Gasteiger partial charge is 0.339 e. The van der Waals surface area contributed by atoms with Gasteiger partial charge in [0, 0.05) is 23.5 Å². The molecule has 1 N–H and O–H groups in total. The summed E-state index contributed by atoms with van der Waals surface area (Å²) in [6.45, 7) is 0.531. The molecule has 2 aliphatic rings. The van der Waals surface area contributed by atoms with Gasteiger partial charge in [-0.25, -0.2) is 0 Å². The van der Waals surface area contributed by atoms with Crippen molar-refractivity contribution in [3.8, 4) is 0 Å². The molecule has 1 aliphatic heterocycles. The summed E-state index contributed by atoms with van der Waals surface area (Å²) in [5.74, 6) is -0.302. The minimum Gasteiger partial charge on any atom is -0.339 e. The van der Waals surface area contributed by atoms with Gasteiger partial charge in [-0.3, -0.25) is 9.59 Å². The molecule has 1 saturated carbocycles. The van der Waals surface area contributed by atoms with Crippen LogP contribution in [0.2, 0.25) is 5.02 Å². The van der Waals surface area contributed by atoms with Gasteiger partial charge in [0.1, 0.15) is 0 Å². The van der Waals surface area contributed by atoms with Crippen LogP contribution in [0.4, 0.5) is 5.69 Å². The van der Waals surface area contributed by atoms with E-state index in [9.17, 15) is 9.59 Å². The van der Waals surface area contributed by atoms with Gasteiger partial charge in [0.15, 0.2) is 0 Å². The summed E-state index contributed by atoms with van der Waals surface area (Å²) in [4.78, 5) is 26.7. The fraction of sp³-hybridized carbons (Fsp3) is 0.529. The molecule has 1 aliphatic carbocycles. The molecule has 1 unspecified atom stereocenters. The maximum absolute atomic E-state index is 12.5. The van der Waals surface area contributed by atoms with E-state index in [1.54, 1.807) is 12.1 Å². The quantitative estimate of drug-likeness (QED) is 0.827. The molecular weight excluding hydrogens is 380 g/mol. The monoisotopic (exact) mass is 398 g/mol. The minimum atomic E-state index is -0.288. The van der Waals surface area contributed by atoms with Crippen molar-refractivity contribution < 1.29 is 9.59 Å². The average molecular weight is 400 g/mol. The van der Waals surface area contributed by atoms with Crippen molar-refractivity contribution in [2.75, 3.05) is 11.9 Å². The van der Waals surface area contributed by atoms with Gasteiger partial charge in [-0.1, -0.05) is 46.8 Å². The first-order valence-corrected chi connectivity index (χ1v) is 9.27. The van der Waals surface area contributed by atoms with Crippen molar-refractivity contribution >= 4 is 45.0 Å². The van der Waals surface area contributed by atoms with Crippen molar-refractivity contribution in [2.24, 2.45) is 5.92 Å². The topological polar surface area (TPSA) is 49.4 Å². The summed E-state index contributed by atoms with van der Waals surface area (Å²) < 4.78 is 0.861. The van der Waals surface area contributed by atoms with E-state index in [2.05, 4.69) is 21.2 Å². The average Bonchev–Trinajstić information content (AvgIpc) is 2.93. The fourth-order valence-corrected chi connectivity index (χ4v) is 4.20. The van der Waals surface area contributed by atoms with Crippen molar-refractivity contribution in [2.45, 2.75) is 44.6 Å². The Labute approximate surface area is 149 Å². The third kappa shape index (κ3) is 3.89. The molecule has 1 saturated heterocycles. The van der Waals surface area contributed by atoms with Crippen LogP contribution in [0, 0.1) is 5.92 Å². The Hall–Kier alpha value is -1.07. The number of carbonyl (C=O) groups is 2. The number of amides is 2. The third-order valence-corrected chi connectivity index (χ3v) is 5.54. The first kappa shape index (κ1) is 16.8. The van der Waals surface area contributed by atoms with Crippen molar-refractivity contribution in [1.29, 1.82) is 0 Å². The zero-order chi connectivity index (χ0) is 16.4. The van der Waals surface area contributed by atoms with Crippen molar-refractivity contribution in [3.63, 3.8) is 0 Å². The van der Waals surface area contributed by atoms with E-state index < -0.39 is 0 Å². The van der Waals surface area contributed by atoms with Crippen LogP contribution in [-0.4, -0.2) is 29.3 Å². The normalized spacial score (nSPS) is 22.4. The fourth-order valence-electron chi connectivity index (χ4n) is 3.48. The second-order valence-electron chi connectivity index (χ2n) is 6.35. The molecule has 6 heteroatoms. The van der Waals surface area contributed by atoms with E-state index in [1.807, 2.05) is 11.0 Å². The van der Waals surface area contributed by atoms with Gasteiger partial charge >= 0.3 is 0 Å². The molecule has 1 atom stereocenters. The Morgan fingerprint density at radius 2 is 2.00 bits per heavy atom. The second-order valence-corrected chi connectivity index (χ2v) is 7.68. The van der Waals surface area contributed by atoms with Gasteiger partial charge in [-0.15, -0.1) is 0 Å². The number of carbonyl (C=O) groups excluding carboxylic acids is 2. The van der Waals surface area contributed by atoms with Crippen LogP contribution in [0.15, 0.2) is 22.7 Å². The van der Waals surface area contributed by atoms with Crippen LogP contribution in [0.1, 0.15) is 38.5 Å². The van der Waals surface area contributed by atoms with E-state index in [1.165, 1.54) is 19.3 Å². The maximum Gasteiger partial charge on any atom is 0.229 e. The second kappa shape index (κ2) is 7.22. The molecule has 0 radical (unpaired) electrons. The van der Waals surface area contributed by atoms with Crippen LogP contribution in [0.5, 0.6) is 0 Å². The van der Waals surface area contributed by atoms with Gasteiger partial charge in [-0.05, 0) is 31.0 Å². The van der Waals surface area contributed by atoms with E-state index in [4.69, 9.17) is 11.6 Å². The molecule has 1 aromatic rings. The summed E-state index contributed by atoms with van der Waals surface area (Å²) in [7, 11) is 0. The number of hydrogen-bond acceptors (Lipinski definition) is 2. The van der Waals surface area contributed by atoms with Gasteiger partial charge in [-0.2, -0.15) is 0 Å². The minimum absolute atomic E-state index is 0.110. The van der Waals surface area contributed by atoms with Gasteiger partial charge < -0.3 is 10.2 Å². The maximum atomic E-state index is 12.5. The molecule has 1 aromatic carbocycles. The van der Waals surface area contributed by atoms with Gasteiger partial charge in [0.2, 0.25) is 11.8 Å². The number of benzene rings is 1. The smallest absolute Gasteiger partial charge is 0.229 e. The molecule has 3 rings (SSSR count). The highest BCUT2D eigenvalue weighted by atomic mass is 79.9. The molecule has 4 nitrogen and oxygen atoms in total. The third-order valence-electron chi connectivity index (χ3n) is 4.73. The summed E-state index contributed by atoms with van der Waals surface area (Å²) in [6, 6.07) is 5.66. The number of nitrogens with one attached hydrogen (secondary N) is 1. The molecule has 2 amide bonds. The predicted molar refractivity (Wildman–Crippen MR) is 94.5 cm³/mol. The van der Waals surface area contributed by atoms with Crippen molar-refractivity contribution in [3.05, 3.63) is 27.7 Å². The molecule has 0 aromatic heterocycles. The molecule has 0 spiro atoms. The van der Waals surface area contributed by atoms with Crippen LogP contribution >= 0.6 is 27.5 Å². The first-order valence-electron chi connectivity index (χ1n) is 8.10. The van der Waals surface area contributed by atoms with Crippen LogP contribution in [0.3, 0.4) is 0 Å². The highest BCUT2D eigenvalue weighted by Crippen LogP contribution is 2.30. The van der Waals surface area contributed by atoms with Gasteiger partial charge in [0.05, 0.1) is 16.6 Å². The van der Waals surface area contributed by atoms with E-state index in [0.29, 0.717) is 29.7 Å². The van der Waals surface area contributed by atoms with E-state index in [0.717, 1.165) is 17.3 Å². The summed E-state index contributed by atoms with van der Waals surface area (Å²) in [5, 5.41) is 3.34. The Morgan fingerprint density at radius 3 is 2.70 bits per heavy atom. The number of hydrogen-bond donors (Lipinski definition) is 1. The number of halogens is 2. The lowest BCUT2D eigenvalue weighted by Crippen LogP contribution is -2.38. The highest BCUT2D eigenvalue weighted by Gasteiger charge is 2.38. The molecule has 0 bridgehead atoms. The molecule has 2 fully saturated rings. The zero-order valence-electron chi connectivity index (χ0n) is 12.9. The number of anilines is 1. The Bertz CT molecular complexity index is 617. The van der Waals surface area contributed by atoms with Crippen LogP contribution in [-0.2, 0) is 9.59 Å². The van der Waals surface area contributed by atoms with Crippen LogP contribution < -0.4 is 5.32 Å². The first-order chi connectivity index (χ1) is 11.0. The molecular formula is C17H20BrClN2O2. The SMILES string of the molecule is O=C(Nc1ccc(Br)cc1Cl)C1CC(=O)N(C2CCCCC2)C1. The van der Waals surface area contributed by atoms with E-state index >= 15 is 0 Å². The van der Waals surface area contributed by atoms with Crippen LogP contribution in [0.25, 0.3) is 0 Å². The number of likely N-dealkylation sites (tertiary alicyclic amines) is 1. The Balaban J connectivity index is 1.63. The Kier molecular flexibility index (Phi) is 5.27. The summed E-state index contributed by atoms with van der Waals surface area (Å²) in [6.07, 6.45) is 6.05. The summed E-state index contributed by atoms with van der Waals surface area (Å²) >= 11 is 9.48. The zero-order valence-corrected chi connectivity index (χ0v) is 15.2. The highest BCUT2D eigenvalue weighted by molar-refractivity contribution is 9.10. The standard InChI is InChI=1S/C17H20BrClN2O2/c18-12-6-7-15(14(19)9-12)20-17(23)11-8-16(22)21(10-11)13-4-2-1-3-5-13/h6-7,9,11,13H,1-5,8,10H2,(H,20,23). The molecule has 23 heavy (non-hydrogen) atoms. The summed E-state index contributed by atoms with van der Waals surface area (Å²) in [5.41, 5.74) is 0.587. The number of rotatable bonds is 3. The van der Waals surface area contributed by atoms with Gasteiger partial charge in [0.25, 0.3) is 0 Å². The lowest BCUT2D eigenvalue weighted by Gasteiger charge is -2.31. The van der Waals surface area contributed by atoms with Crippen molar-refractivity contribution in [1.82, 2.24) is 4.90 Å². The Morgan fingerprint density at radius 1 is 1.26 bits per heavy atom. The number of nitrogens with zero attached hydrogens (tertiary/aromatic N) is 1. The molecule has 124 valence electrons. The lowest BCUT2D eigenvalue weighted by molar-refractivity contribution is -0.130. The van der Waals surface area contributed by atoms with E-state index in [-0.39, 0.29) is 17.7 Å². The lowest BCUT2D eigenvalue weighted by atomic mass is 9.94. The predicted octanol–water partition coefficient (Wildman–Crippen LogP) is 4.22. The molecule has 1 heterocycles.